The number of hydrogen-bond donors (Lipinski definition) is 1. The van der Waals surface area contributed by atoms with Crippen molar-refractivity contribution < 1.29 is 27.5 Å². The number of sulfonamides is 1. The summed E-state index contributed by atoms with van der Waals surface area (Å²) < 4.78 is 37.8. The van der Waals surface area contributed by atoms with Gasteiger partial charge in [0.15, 0.2) is 6.10 Å². The first-order valence-corrected chi connectivity index (χ1v) is 12.3. The van der Waals surface area contributed by atoms with Gasteiger partial charge in [-0.15, -0.1) is 0 Å². The second-order valence-corrected chi connectivity index (χ2v) is 10.5. The molecule has 3 unspecified atom stereocenters. The number of piperidine rings is 1. The molecule has 3 rings (SSSR count). The quantitative estimate of drug-likeness (QED) is 0.616. The maximum atomic E-state index is 13.0. The fourth-order valence-corrected chi connectivity index (χ4v) is 5.59. The van der Waals surface area contributed by atoms with Crippen molar-refractivity contribution in [2.45, 2.75) is 38.2 Å². The van der Waals surface area contributed by atoms with Crippen molar-refractivity contribution >= 4 is 27.6 Å². The Morgan fingerprint density at radius 1 is 1.00 bits per heavy atom. The average Bonchev–Trinajstić information content (AvgIpc) is 2.79. The van der Waals surface area contributed by atoms with Crippen molar-refractivity contribution in [3.63, 3.8) is 0 Å². The number of carbonyl (C=O) groups is 2. The minimum atomic E-state index is -3.64. The molecule has 0 radical (unpaired) electrons. The van der Waals surface area contributed by atoms with Crippen LogP contribution in [0.5, 0.6) is 5.75 Å². The number of nitrogens with zero attached hydrogens (tertiary/aromatic N) is 1. The van der Waals surface area contributed by atoms with Gasteiger partial charge < -0.3 is 14.8 Å². The maximum absolute atomic E-state index is 13.0. The SMILES string of the molecule is COc1ccc(NC(=O)C(C)OC(=O)c2ccc(S(=O)(=O)N3CC(C)CC(C)C3)cc2)cc1. The summed E-state index contributed by atoms with van der Waals surface area (Å²) in [6.07, 6.45) is -0.0413. The van der Waals surface area contributed by atoms with Gasteiger partial charge in [-0.1, -0.05) is 13.8 Å². The molecule has 1 saturated heterocycles. The summed E-state index contributed by atoms with van der Waals surface area (Å²) in [5.41, 5.74) is 0.707. The standard InChI is InChI=1S/C24H30N2O6S/c1-16-13-17(2)15-26(14-16)33(29,30)22-11-5-19(6-12-22)24(28)32-18(3)23(27)25-20-7-9-21(31-4)10-8-20/h5-12,16-18H,13-15H2,1-4H3,(H,25,27). The maximum Gasteiger partial charge on any atom is 0.338 e. The van der Waals surface area contributed by atoms with Crippen LogP contribution in [0.2, 0.25) is 0 Å². The van der Waals surface area contributed by atoms with Crippen LogP contribution in [0.25, 0.3) is 0 Å². The summed E-state index contributed by atoms with van der Waals surface area (Å²) >= 11 is 0. The first-order valence-electron chi connectivity index (χ1n) is 10.9. The van der Waals surface area contributed by atoms with E-state index in [1.54, 1.807) is 31.4 Å². The van der Waals surface area contributed by atoms with Crippen LogP contribution in [0.4, 0.5) is 5.69 Å². The third-order valence-corrected chi connectivity index (χ3v) is 7.42. The summed E-state index contributed by atoms with van der Waals surface area (Å²) in [5.74, 6) is 0.0477. The van der Waals surface area contributed by atoms with E-state index in [-0.39, 0.29) is 10.5 Å². The molecule has 33 heavy (non-hydrogen) atoms. The molecule has 8 nitrogen and oxygen atoms in total. The zero-order chi connectivity index (χ0) is 24.2. The number of amides is 1. The van der Waals surface area contributed by atoms with Crippen molar-refractivity contribution in [2.24, 2.45) is 11.8 Å². The molecule has 9 heteroatoms. The van der Waals surface area contributed by atoms with E-state index in [0.29, 0.717) is 36.4 Å². The van der Waals surface area contributed by atoms with Crippen molar-refractivity contribution in [2.75, 3.05) is 25.5 Å². The molecule has 0 aliphatic carbocycles. The Morgan fingerprint density at radius 2 is 1.58 bits per heavy atom. The number of rotatable bonds is 7. The molecule has 2 aromatic rings. The van der Waals surface area contributed by atoms with Gasteiger partial charge >= 0.3 is 5.97 Å². The molecule has 1 N–H and O–H groups in total. The minimum absolute atomic E-state index is 0.130. The van der Waals surface area contributed by atoms with Gasteiger partial charge in [0, 0.05) is 18.8 Å². The van der Waals surface area contributed by atoms with Crippen LogP contribution in [0.3, 0.4) is 0 Å². The summed E-state index contributed by atoms with van der Waals surface area (Å²) in [6, 6.07) is 12.4. The highest BCUT2D eigenvalue weighted by molar-refractivity contribution is 7.89. The van der Waals surface area contributed by atoms with Gasteiger partial charge in [0.25, 0.3) is 5.91 Å². The number of nitrogens with one attached hydrogen (secondary N) is 1. The monoisotopic (exact) mass is 474 g/mol. The van der Waals surface area contributed by atoms with Crippen LogP contribution >= 0.6 is 0 Å². The molecule has 1 heterocycles. The van der Waals surface area contributed by atoms with Crippen molar-refractivity contribution in [3.8, 4) is 5.75 Å². The molecular formula is C24H30N2O6S. The third-order valence-electron chi connectivity index (χ3n) is 5.57. The molecule has 0 saturated carbocycles. The fraction of sp³-hybridized carbons (Fsp3) is 0.417. The lowest BCUT2D eigenvalue weighted by Crippen LogP contribution is -2.42. The Kier molecular flexibility index (Phi) is 7.76. The number of ether oxygens (including phenoxy) is 2. The van der Waals surface area contributed by atoms with Crippen LogP contribution in [0.15, 0.2) is 53.4 Å². The number of carbonyl (C=O) groups excluding carboxylic acids is 2. The molecule has 178 valence electrons. The van der Waals surface area contributed by atoms with Gasteiger partial charge in [-0.25, -0.2) is 13.2 Å². The number of anilines is 1. The van der Waals surface area contributed by atoms with Crippen LogP contribution < -0.4 is 10.1 Å². The van der Waals surface area contributed by atoms with Gasteiger partial charge in [-0.05, 0) is 73.7 Å². The topological polar surface area (TPSA) is 102 Å². The van der Waals surface area contributed by atoms with Gasteiger partial charge in [-0.3, -0.25) is 4.79 Å². The Hall–Kier alpha value is -2.91. The van der Waals surface area contributed by atoms with Crippen LogP contribution in [-0.2, 0) is 19.6 Å². The molecular weight excluding hydrogens is 444 g/mol. The summed E-state index contributed by atoms with van der Waals surface area (Å²) in [4.78, 5) is 24.9. The Bertz CT molecular complexity index is 1070. The summed E-state index contributed by atoms with van der Waals surface area (Å²) in [7, 11) is -2.09. The lowest BCUT2D eigenvalue weighted by atomic mass is 9.94. The minimum Gasteiger partial charge on any atom is -0.497 e. The molecule has 0 aromatic heterocycles. The van der Waals surface area contributed by atoms with E-state index in [2.05, 4.69) is 5.32 Å². The zero-order valence-corrected chi connectivity index (χ0v) is 20.1. The van der Waals surface area contributed by atoms with E-state index in [9.17, 15) is 18.0 Å². The highest BCUT2D eigenvalue weighted by Crippen LogP contribution is 2.27. The highest BCUT2D eigenvalue weighted by atomic mass is 32.2. The molecule has 2 aromatic carbocycles. The Balaban J connectivity index is 1.61. The van der Waals surface area contributed by atoms with E-state index in [1.165, 1.54) is 35.5 Å². The predicted octanol–water partition coefficient (Wildman–Crippen LogP) is 3.55. The van der Waals surface area contributed by atoms with E-state index < -0.39 is 28.0 Å². The van der Waals surface area contributed by atoms with Crippen molar-refractivity contribution in [1.29, 1.82) is 0 Å². The van der Waals surface area contributed by atoms with Crippen LogP contribution in [0.1, 0.15) is 37.6 Å². The molecule has 1 fully saturated rings. The first-order chi connectivity index (χ1) is 15.6. The van der Waals surface area contributed by atoms with Gasteiger partial charge in [0.2, 0.25) is 10.0 Å². The second kappa shape index (κ2) is 10.4. The smallest absolute Gasteiger partial charge is 0.338 e. The molecule has 3 atom stereocenters. The second-order valence-electron chi connectivity index (χ2n) is 8.56. The number of benzene rings is 2. The summed E-state index contributed by atoms with van der Waals surface area (Å²) in [5, 5.41) is 2.67. The van der Waals surface area contributed by atoms with Gasteiger partial charge in [0.05, 0.1) is 17.6 Å². The Morgan fingerprint density at radius 3 is 2.12 bits per heavy atom. The van der Waals surface area contributed by atoms with E-state index in [4.69, 9.17) is 9.47 Å². The Labute approximate surface area is 194 Å². The van der Waals surface area contributed by atoms with E-state index in [1.807, 2.05) is 13.8 Å². The lowest BCUT2D eigenvalue weighted by molar-refractivity contribution is -0.123. The first kappa shape index (κ1) is 24.7. The summed E-state index contributed by atoms with van der Waals surface area (Å²) in [6.45, 7) is 6.52. The number of hydrogen-bond acceptors (Lipinski definition) is 6. The normalized spacial score (nSPS) is 20.0. The lowest BCUT2D eigenvalue weighted by Gasteiger charge is -2.34. The van der Waals surface area contributed by atoms with Gasteiger partial charge in [-0.2, -0.15) is 4.31 Å². The molecule has 1 aliphatic rings. The molecule has 0 spiro atoms. The molecule has 0 bridgehead atoms. The van der Waals surface area contributed by atoms with E-state index in [0.717, 1.165) is 6.42 Å². The number of esters is 1. The zero-order valence-electron chi connectivity index (χ0n) is 19.3. The largest absolute Gasteiger partial charge is 0.497 e. The van der Waals surface area contributed by atoms with E-state index >= 15 is 0 Å². The van der Waals surface area contributed by atoms with Crippen molar-refractivity contribution in [1.82, 2.24) is 4.31 Å². The average molecular weight is 475 g/mol. The highest BCUT2D eigenvalue weighted by Gasteiger charge is 2.31. The van der Waals surface area contributed by atoms with Crippen molar-refractivity contribution in [3.05, 3.63) is 54.1 Å². The molecule has 1 amide bonds. The third kappa shape index (κ3) is 6.11. The van der Waals surface area contributed by atoms with Crippen LogP contribution in [-0.4, -0.2) is 50.9 Å². The van der Waals surface area contributed by atoms with Gasteiger partial charge in [0.1, 0.15) is 5.75 Å². The van der Waals surface area contributed by atoms with Crippen LogP contribution in [0, 0.1) is 11.8 Å². The number of methoxy groups -OCH3 is 1. The molecule has 1 aliphatic heterocycles. The predicted molar refractivity (Wildman–Crippen MR) is 125 cm³/mol. The fourth-order valence-electron chi connectivity index (χ4n) is 3.91.